The summed E-state index contributed by atoms with van der Waals surface area (Å²) in [5, 5.41) is 2.93. The van der Waals surface area contributed by atoms with Crippen molar-refractivity contribution in [1.82, 2.24) is 10.2 Å². The maximum Gasteiger partial charge on any atom is 0.387 e. The summed E-state index contributed by atoms with van der Waals surface area (Å²) < 4.78 is 34.2. The molecule has 0 saturated carbocycles. The highest BCUT2D eigenvalue weighted by molar-refractivity contribution is 5.74. The first-order valence-corrected chi connectivity index (χ1v) is 8.21. The molecular formula is C17H24F2N2O3. The van der Waals surface area contributed by atoms with Gasteiger partial charge in [-0.25, -0.2) is 4.79 Å². The van der Waals surface area contributed by atoms with Gasteiger partial charge in [-0.2, -0.15) is 8.78 Å². The highest BCUT2D eigenvalue weighted by Gasteiger charge is 2.23. The van der Waals surface area contributed by atoms with Crippen molar-refractivity contribution in [1.29, 1.82) is 0 Å². The predicted molar refractivity (Wildman–Crippen MR) is 86.2 cm³/mol. The number of carbonyl (C=O) groups is 1. The highest BCUT2D eigenvalue weighted by Crippen LogP contribution is 2.20. The van der Waals surface area contributed by atoms with E-state index in [0.717, 1.165) is 18.4 Å². The molecule has 134 valence electrons. The molecule has 1 aliphatic heterocycles. The minimum atomic E-state index is -2.84. The number of amides is 2. The zero-order valence-electron chi connectivity index (χ0n) is 14.0. The summed E-state index contributed by atoms with van der Waals surface area (Å²) in [5.41, 5.74) is 0.828. The van der Waals surface area contributed by atoms with E-state index in [1.54, 1.807) is 17.0 Å². The molecule has 1 aliphatic rings. The largest absolute Gasteiger partial charge is 0.435 e. The van der Waals surface area contributed by atoms with Crippen molar-refractivity contribution in [2.75, 3.05) is 19.7 Å². The Balaban J connectivity index is 1.83. The first-order valence-electron chi connectivity index (χ1n) is 8.21. The third kappa shape index (κ3) is 5.33. The molecule has 1 aromatic rings. The third-order valence-electron chi connectivity index (χ3n) is 4.08. The Labute approximate surface area is 140 Å². The molecule has 2 amide bonds. The fraction of sp³-hybridized carbons (Fsp3) is 0.588. The van der Waals surface area contributed by atoms with Crippen molar-refractivity contribution in [3.63, 3.8) is 0 Å². The van der Waals surface area contributed by atoms with Crippen LogP contribution in [0.25, 0.3) is 0 Å². The topological polar surface area (TPSA) is 50.8 Å². The number of nitrogens with one attached hydrogen (secondary N) is 1. The number of hydrogen-bond donors (Lipinski definition) is 1. The molecule has 24 heavy (non-hydrogen) atoms. The van der Waals surface area contributed by atoms with Crippen LogP contribution in [0, 0.1) is 0 Å². The van der Waals surface area contributed by atoms with Crippen LogP contribution in [0.1, 0.15) is 38.3 Å². The summed E-state index contributed by atoms with van der Waals surface area (Å²) in [4.78, 5) is 14.1. The normalized spacial score (nSPS) is 17.0. The summed E-state index contributed by atoms with van der Waals surface area (Å²) >= 11 is 0. The van der Waals surface area contributed by atoms with Crippen LogP contribution in [0.15, 0.2) is 24.3 Å². The second-order valence-electron chi connectivity index (χ2n) is 5.76. The number of hydrogen-bond acceptors (Lipinski definition) is 3. The van der Waals surface area contributed by atoms with E-state index in [4.69, 9.17) is 4.74 Å². The monoisotopic (exact) mass is 342 g/mol. The van der Waals surface area contributed by atoms with Crippen molar-refractivity contribution in [3.8, 4) is 5.75 Å². The summed E-state index contributed by atoms with van der Waals surface area (Å²) in [6, 6.07) is 5.94. The van der Waals surface area contributed by atoms with Crippen molar-refractivity contribution < 1.29 is 23.0 Å². The van der Waals surface area contributed by atoms with Crippen molar-refractivity contribution in [2.45, 2.75) is 45.4 Å². The second kappa shape index (κ2) is 8.82. The Bertz CT molecular complexity index is 517. The van der Waals surface area contributed by atoms with Gasteiger partial charge in [-0.15, -0.1) is 0 Å². The lowest BCUT2D eigenvalue weighted by atomic mass is 10.1. The van der Waals surface area contributed by atoms with Gasteiger partial charge in [-0.3, -0.25) is 0 Å². The molecule has 0 aromatic heterocycles. The van der Waals surface area contributed by atoms with Gasteiger partial charge >= 0.3 is 12.6 Å². The van der Waals surface area contributed by atoms with Gasteiger partial charge in [-0.1, -0.05) is 12.1 Å². The molecule has 1 aromatic carbocycles. The molecule has 0 bridgehead atoms. The van der Waals surface area contributed by atoms with Crippen LogP contribution < -0.4 is 10.1 Å². The molecule has 0 radical (unpaired) electrons. The van der Waals surface area contributed by atoms with Crippen molar-refractivity contribution in [2.24, 2.45) is 0 Å². The van der Waals surface area contributed by atoms with Gasteiger partial charge in [0.15, 0.2) is 0 Å². The minimum absolute atomic E-state index is 0.102. The summed E-state index contributed by atoms with van der Waals surface area (Å²) in [5.74, 6) is 0.102. The third-order valence-corrected chi connectivity index (χ3v) is 4.08. The number of ether oxygens (including phenoxy) is 2. The molecule has 1 unspecified atom stereocenters. The van der Waals surface area contributed by atoms with Crippen LogP contribution in [0.3, 0.4) is 0 Å². The molecule has 1 N–H and O–H groups in total. The Morgan fingerprint density at radius 2 is 1.92 bits per heavy atom. The number of carbonyl (C=O) groups excluding carboxylic acids is 1. The number of rotatable bonds is 6. The van der Waals surface area contributed by atoms with Crippen LogP contribution in [0.4, 0.5) is 13.6 Å². The number of likely N-dealkylation sites (tertiary alicyclic amines) is 1. The smallest absolute Gasteiger partial charge is 0.387 e. The average Bonchev–Trinajstić information content (AvgIpc) is 2.56. The number of urea groups is 1. The quantitative estimate of drug-likeness (QED) is 0.860. The van der Waals surface area contributed by atoms with E-state index in [9.17, 15) is 13.6 Å². The molecule has 1 atom stereocenters. The lowest BCUT2D eigenvalue weighted by molar-refractivity contribution is -0.0498. The van der Waals surface area contributed by atoms with E-state index < -0.39 is 6.61 Å². The summed E-state index contributed by atoms with van der Waals surface area (Å²) in [6.07, 6.45) is 1.92. The SMILES string of the molecule is CCOC1CCN(C(=O)NC(C)c2ccc(OC(F)F)cc2)CC1. The number of alkyl halides is 2. The average molecular weight is 342 g/mol. The van der Waals surface area contributed by atoms with E-state index in [2.05, 4.69) is 10.1 Å². The van der Waals surface area contributed by atoms with Gasteiger partial charge < -0.3 is 19.7 Å². The molecule has 1 fully saturated rings. The maximum atomic E-state index is 12.3. The van der Waals surface area contributed by atoms with Crippen LogP contribution in [-0.2, 0) is 4.74 Å². The summed E-state index contributed by atoms with van der Waals surface area (Å²) in [6.45, 7) is 3.02. The molecular weight excluding hydrogens is 318 g/mol. The van der Waals surface area contributed by atoms with E-state index >= 15 is 0 Å². The molecule has 1 saturated heterocycles. The van der Waals surface area contributed by atoms with Crippen LogP contribution in [0.5, 0.6) is 5.75 Å². The van der Waals surface area contributed by atoms with Gasteiger partial charge in [0.2, 0.25) is 0 Å². The Morgan fingerprint density at radius 1 is 1.29 bits per heavy atom. The minimum Gasteiger partial charge on any atom is -0.435 e. The van der Waals surface area contributed by atoms with Gasteiger partial charge in [0.1, 0.15) is 5.75 Å². The molecule has 7 heteroatoms. The first-order chi connectivity index (χ1) is 11.5. The van der Waals surface area contributed by atoms with Gasteiger partial charge in [0.25, 0.3) is 0 Å². The fourth-order valence-corrected chi connectivity index (χ4v) is 2.76. The lowest BCUT2D eigenvalue weighted by Gasteiger charge is -2.32. The molecule has 1 heterocycles. The Morgan fingerprint density at radius 3 is 2.46 bits per heavy atom. The van der Waals surface area contributed by atoms with Gasteiger partial charge in [-0.05, 0) is 44.4 Å². The van der Waals surface area contributed by atoms with Crippen molar-refractivity contribution in [3.05, 3.63) is 29.8 Å². The van der Waals surface area contributed by atoms with E-state index in [1.807, 2.05) is 13.8 Å². The van der Waals surface area contributed by atoms with E-state index in [0.29, 0.717) is 19.7 Å². The van der Waals surface area contributed by atoms with E-state index in [-0.39, 0.29) is 23.9 Å². The first kappa shape index (κ1) is 18.4. The second-order valence-corrected chi connectivity index (χ2v) is 5.76. The van der Waals surface area contributed by atoms with Gasteiger partial charge in [0.05, 0.1) is 12.1 Å². The molecule has 0 spiro atoms. The fourth-order valence-electron chi connectivity index (χ4n) is 2.76. The Hall–Kier alpha value is -1.89. The number of piperidine rings is 1. The molecule has 5 nitrogen and oxygen atoms in total. The van der Waals surface area contributed by atoms with Gasteiger partial charge in [0, 0.05) is 19.7 Å². The standard InChI is InChI=1S/C17H24F2N2O3/c1-3-23-14-8-10-21(11-9-14)17(22)20-12(2)13-4-6-15(7-5-13)24-16(18)19/h4-7,12,14,16H,3,8-11H2,1-2H3,(H,20,22). The highest BCUT2D eigenvalue weighted by atomic mass is 19.3. The van der Waals surface area contributed by atoms with Crippen LogP contribution in [0.2, 0.25) is 0 Å². The van der Waals surface area contributed by atoms with Crippen LogP contribution >= 0.6 is 0 Å². The van der Waals surface area contributed by atoms with E-state index in [1.165, 1.54) is 12.1 Å². The number of halogens is 2. The maximum absolute atomic E-state index is 12.3. The number of benzene rings is 1. The molecule has 0 aliphatic carbocycles. The summed E-state index contributed by atoms with van der Waals surface area (Å²) in [7, 11) is 0. The Kier molecular flexibility index (Phi) is 6.78. The predicted octanol–water partition coefficient (Wildman–Crippen LogP) is 3.56. The number of nitrogens with zero attached hydrogens (tertiary/aromatic N) is 1. The zero-order chi connectivity index (χ0) is 17.5. The zero-order valence-corrected chi connectivity index (χ0v) is 14.0. The lowest BCUT2D eigenvalue weighted by Crippen LogP contribution is -2.46. The van der Waals surface area contributed by atoms with Crippen LogP contribution in [-0.4, -0.2) is 43.3 Å². The molecule has 2 rings (SSSR count). The van der Waals surface area contributed by atoms with Crippen molar-refractivity contribution >= 4 is 6.03 Å².